The van der Waals surface area contributed by atoms with Crippen LogP contribution in [0.15, 0.2) is 186 Å². The predicted molar refractivity (Wildman–Crippen MR) is 227 cm³/mol. The van der Waals surface area contributed by atoms with Crippen LogP contribution < -0.4 is 4.90 Å². The maximum atomic E-state index is 6.24. The summed E-state index contributed by atoms with van der Waals surface area (Å²) in [4.78, 5) is 2.39. The largest absolute Gasteiger partial charge is 0.456 e. The van der Waals surface area contributed by atoms with Crippen molar-refractivity contribution in [1.82, 2.24) is 0 Å². The Kier molecular flexibility index (Phi) is 7.42. The molecular weight excluding hydrogens is 655 g/mol. The van der Waals surface area contributed by atoms with Gasteiger partial charge in [0, 0.05) is 33.2 Å². The van der Waals surface area contributed by atoms with Crippen LogP contribution in [-0.4, -0.2) is 0 Å². The summed E-state index contributed by atoms with van der Waals surface area (Å²) in [5.74, 6) is 0. The fourth-order valence-electron chi connectivity index (χ4n) is 8.41. The van der Waals surface area contributed by atoms with Crippen LogP contribution in [0.2, 0.25) is 0 Å². The summed E-state index contributed by atoms with van der Waals surface area (Å²) in [6.07, 6.45) is 0. The second kappa shape index (κ2) is 12.5. The van der Waals surface area contributed by atoms with Gasteiger partial charge in [-0.05, 0) is 123 Å². The first-order valence-electron chi connectivity index (χ1n) is 18.7. The molecule has 10 rings (SSSR count). The molecule has 8 aromatic carbocycles. The average molecular weight is 694 g/mol. The molecule has 0 N–H and O–H groups in total. The third-order valence-corrected chi connectivity index (χ3v) is 11.4. The number of rotatable bonds is 6. The molecule has 0 radical (unpaired) electrons. The maximum Gasteiger partial charge on any atom is 0.136 e. The van der Waals surface area contributed by atoms with Crippen LogP contribution in [0.4, 0.5) is 17.1 Å². The molecule has 0 fully saturated rings. The highest BCUT2D eigenvalue weighted by Crippen LogP contribution is 2.50. The molecule has 0 bridgehead atoms. The minimum absolute atomic E-state index is 0.0981. The van der Waals surface area contributed by atoms with E-state index in [1.807, 2.05) is 12.1 Å². The summed E-state index contributed by atoms with van der Waals surface area (Å²) in [5, 5.41) is 2.29. The van der Waals surface area contributed by atoms with Crippen LogP contribution in [0.5, 0.6) is 0 Å². The highest BCUT2D eigenvalue weighted by Gasteiger charge is 2.35. The molecular formula is C52H39NO. The standard InChI is InChI=1S/C52H39NO/c1-34-15-17-35(18-16-34)38-9-8-10-39(31-38)36-19-24-41(25-20-36)53(43-28-30-45-44-11-4-6-13-48(44)52(2,3)49(45)33-43)42-26-21-37(22-27-42)40-23-29-47-46-12-5-7-14-50(46)54-51(47)32-40/h4-33H,1-3H3. The summed E-state index contributed by atoms with van der Waals surface area (Å²) in [5.41, 5.74) is 18.9. The molecule has 2 heteroatoms. The third-order valence-electron chi connectivity index (χ3n) is 11.4. The molecule has 0 amide bonds. The van der Waals surface area contributed by atoms with Crippen molar-refractivity contribution in [3.05, 3.63) is 199 Å². The van der Waals surface area contributed by atoms with Crippen LogP contribution in [-0.2, 0) is 5.41 Å². The van der Waals surface area contributed by atoms with Crippen molar-refractivity contribution in [3.63, 3.8) is 0 Å². The lowest BCUT2D eigenvalue weighted by Gasteiger charge is -2.28. The van der Waals surface area contributed by atoms with Crippen molar-refractivity contribution < 1.29 is 4.42 Å². The maximum absolute atomic E-state index is 6.24. The third kappa shape index (κ3) is 5.33. The number of benzene rings is 8. The summed E-state index contributed by atoms with van der Waals surface area (Å²) in [6.45, 7) is 6.82. The van der Waals surface area contributed by atoms with E-state index in [9.17, 15) is 0 Å². The van der Waals surface area contributed by atoms with E-state index in [4.69, 9.17) is 4.42 Å². The van der Waals surface area contributed by atoms with Crippen molar-refractivity contribution in [2.75, 3.05) is 4.90 Å². The smallest absolute Gasteiger partial charge is 0.136 e. The Morgan fingerprint density at radius 3 is 1.63 bits per heavy atom. The number of fused-ring (bicyclic) bond motifs is 6. The second-order valence-electron chi connectivity index (χ2n) is 15.1. The first-order chi connectivity index (χ1) is 26.4. The first-order valence-corrected chi connectivity index (χ1v) is 18.7. The Hall–Kier alpha value is -6.64. The molecule has 2 nitrogen and oxygen atoms in total. The second-order valence-corrected chi connectivity index (χ2v) is 15.1. The summed E-state index contributed by atoms with van der Waals surface area (Å²) >= 11 is 0. The molecule has 0 saturated carbocycles. The molecule has 0 aliphatic heterocycles. The lowest BCUT2D eigenvalue weighted by atomic mass is 9.82. The fourth-order valence-corrected chi connectivity index (χ4v) is 8.41. The summed E-state index contributed by atoms with van der Waals surface area (Å²) in [7, 11) is 0. The van der Waals surface area contributed by atoms with Crippen molar-refractivity contribution in [2.45, 2.75) is 26.2 Å². The van der Waals surface area contributed by atoms with E-state index in [0.29, 0.717) is 0 Å². The predicted octanol–water partition coefficient (Wildman–Crippen LogP) is 14.7. The van der Waals surface area contributed by atoms with E-state index < -0.39 is 0 Å². The number of nitrogens with zero attached hydrogens (tertiary/aromatic N) is 1. The van der Waals surface area contributed by atoms with E-state index in [2.05, 4.69) is 196 Å². The first kappa shape index (κ1) is 32.0. The van der Waals surface area contributed by atoms with Gasteiger partial charge in [-0.15, -0.1) is 0 Å². The van der Waals surface area contributed by atoms with Gasteiger partial charge in [0.1, 0.15) is 11.2 Å². The molecule has 0 atom stereocenters. The zero-order valence-corrected chi connectivity index (χ0v) is 30.7. The van der Waals surface area contributed by atoms with Gasteiger partial charge in [-0.3, -0.25) is 0 Å². The van der Waals surface area contributed by atoms with Crippen molar-refractivity contribution in [3.8, 4) is 44.5 Å². The van der Waals surface area contributed by atoms with Crippen LogP contribution in [0.25, 0.3) is 66.4 Å². The molecule has 1 aromatic heterocycles. The minimum Gasteiger partial charge on any atom is -0.456 e. The van der Waals surface area contributed by atoms with E-state index in [-0.39, 0.29) is 5.41 Å². The van der Waals surface area contributed by atoms with Gasteiger partial charge in [-0.25, -0.2) is 0 Å². The Bertz CT molecular complexity index is 2840. The zero-order chi connectivity index (χ0) is 36.4. The van der Waals surface area contributed by atoms with Crippen molar-refractivity contribution in [2.24, 2.45) is 0 Å². The quantitative estimate of drug-likeness (QED) is 0.172. The number of anilines is 3. The van der Waals surface area contributed by atoms with Gasteiger partial charge in [0.05, 0.1) is 0 Å². The molecule has 1 aliphatic rings. The Morgan fingerprint density at radius 2 is 0.926 bits per heavy atom. The Labute approximate surface area is 316 Å². The molecule has 0 unspecified atom stereocenters. The van der Waals surface area contributed by atoms with Gasteiger partial charge in [0.25, 0.3) is 0 Å². The molecule has 54 heavy (non-hydrogen) atoms. The normalized spacial score (nSPS) is 12.9. The van der Waals surface area contributed by atoms with Gasteiger partial charge in [0.2, 0.25) is 0 Å². The van der Waals surface area contributed by atoms with Gasteiger partial charge in [0.15, 0.2) is 0 Å². The molecule has 0 spiro atoms. The zero-order valence-electron chi connectivity index (χ0n) is 30.7. The molecule has 258 valence electrons. The van der Waals surface area contributed by atoms with Crippen LogP contribution in [0, 0.1) is 6.92 Å². The lowest BCUT2D eigenvalue weighted by molar-refractivity contribution is 0.660. The van der Waals surface area contributed by atoms with Gasteiger partial charge in [-0.2, -0.15) is 0 Å². The van der Waals surface area contributed by atoms with E-state index in [1.54, 1.807) is 0 Å². The number of para-hydroxylation sites is 1. The van der Waals surface area contributed by atoms with E-state index >= 15 is 0 Å². The number of furan rings is 1. The fraction of sp³-hybridized carbons (Fsp3) is 0.0769. The number of aryl methyl sites for hydroxylation is 1. The lowest BCUT2D eigenvalue weighted by Crippen LogP contribution is -2.16. The van der Waals surface area contributed by atoms with E-state index in [1.165, 1.54) is 50.1 Å². The number of hydrogen-bond acceptors (Lipinski definition) is 2. The molecule has 9 aromatic rings. The Balaban J connectivity index is 1.04. The van der Waals surface area contributed by atoms with Crippen molar-refractivity contribution >= 4 is 39.0 Å². The van der Waals surface area contributed by atoms with E-state index in [0.717, 1.165) is 50.1 Å². The van der Waals surface area contributed by atoms with Gasteiger partial charge >= 0.3 is 0 Å². The topological polar surface area (TPSA) is 16.4 Å². The average Bonchev–Trinajstić information content (AvgIpc) is 3.70. The van der Waals surface area contributed by atoms with Gasteiger partial charge < -0.3 is 9.32 Å². The highest BCUT2D eigenvalue weighted by atomic mass is 16.3. The van der Waals surface area contributed by atoms with Crippen LogP contribution in [0.1, 0.15) is 30.5 Å². The van der Waals surface area contributed by atoms with Crippen molar-refractivity contribution in [1.29, 1.82) is 0 Å². The SMILES string of the molecule is Cc1ccc(-c2cccc(-c3ccc(N(c4ccc(-c5ccc6c(c5)oc5ccccc56)cc4)c4ccc5c(c4)C(C)(C)c4ccccc4-5)cc3)c2)cc1. The van der Waals surface area contributed by atoms with Crippen LogP contribution >= 0.6 is 0 Å². The minimum atomic E-state index is -0.0981. The highest BCUT2D eigenvalue weighted by molar-refractivity contribution is 6.06. The monoisotopic (exact) mass is 693 g/mol. The molecule has 0 saturated heterocycles. The number of hydrogen-bond donors (Lipinski definition) is 0. The summed E-state index contributed by atoms with van der Waals surface area (Å²) in [6, 6.07) is 66.2. The molecule has 1 aliphatic carbocycles. The summed E-state index contributed by atoms with van der Waals surface area (Å²) < 4.78 is 6.24. The molecule has 1 heterocycles. The van der Waals surface area contributed by atoms with Crippen LogP contribution in [0.3, 0.4) is 0 Å². The Morgan fingerprint density at radius 1 is 0.389 bits per heavy atom. The van der Waals surface area contributed by atoms with Gasteiger partial charge in [-0.1, -0.05) is 141 Å².